The zero-order valence-electron chi connectivity index (χ0n) is 7.50. The molecule has 0 spiro atoms. The molecule has 4 nitrogen and oxygen atoms in total. The smallest absolute Gasteiger partial charge is 0.249 e. The lowest BCUT2D eigenvalue weighted by Crippen LogP contribution is -2.13. The fourth-order valence-electron chi connectivity index (χ4n) is 0.962. The number of nitrogens with two attached hydrogens (primary N) is 2. The molecule has 0 unspecified atom stereocenters. The average Bonchev–Trinajstić information content (AvgIpc) is 2.14. The molecule has 1 rings (SSSR count). The van der Waals surface area contributed by atoms with Crippen LogP contribution in [0.2, 0.25) is 0 Å². The third kappa shape index (κ3) is 2.71. The van der Waals surface area contributed by atoms with Crippen LogP contribution in [0.5, 0.6) is 5.75 Å². The van der Waals surface area contributed by atoms with Crippen LogP contribution in [0.25, 0.3) is 0 Å². The lowest BCUT2D eigenvalue weighted by molar-refractivity contribution is 0.0999. The predicted octanol–water partition coefficient (Wildman–Crippen LogP) is 0.886. The van der Waals surface area contributed by atoms with Gasteiger partial charge in [-0.1, -0.05) is 0 Å². The molecule has 0 aliphatic rings. The van der Waals surface area contributed by atoms with Gasteiger partial charge in [-0.05, 0) is 34.1 Å². The Bertz CT molecular complexity index is 342. The Morgan fingerprint density at radius 2 is 2.21 bits per heavy atom. The minimum Gasteiger partial charge on any atom is -0.492 e. The first kappa shape index (κ1) is 11.0. The van der Waals surface area contributed by atoms with Gasteiger partial charge < -0.3 is 16.2 Å². The summed E-state index contributed by atoms with van der Waals surface area (Å²) in [5.41, 5.74) is 10.9. The fraction of sp³-hybridized carbons (Fsp3) is 0.222. The molecule has 0 bridgehead atoms. The van der Waals surface area contributed by atoms with Gasteiger partial charge in [-0.3, -0.25) is 4.79 Å². The van der Waals surface area contributed by atoms with E-state index < -0.39 is 5.91 Å². The number of carbonyl (C=O) groups is 1. The first-order valence-corrected chi connectivity index (χ1v) is 4.86. The van der Waals surface area contributed by atoms with Crippen LogP contribution in [0.4, 0.5) is 0 Å². The SMILES string of the molecule is NCCOc1ccc(C(N)=O)c(Br)c1. The van der Waals surface area contributed by atoms with Crippen LogP contribution in [-0.2, 0) is 0 Å². The predicted molar refractivity (Wildman–Crippen MR) is 57.2 cm³/mol. The van der Waals surface area contributed by atoms with Crippen molar-refractivity contribution in [3.05, 3.63) is 28.2 Å². The lowest BCUT2D eigenvalue weighted by atomic mass is 10.2. The molecule has 0 saturated carbocycles. The standard InChI is InChI=1S/C9H11BrN2O2/c10-8-5-6(14-4-3-11)1-2-7(8)9(12)13/h1-2,5H,3-4,11H2,(H2,12,13). The van der Waals surface area contributed by atoms with E-state index in [9.17, 15) is 4.79 Å². The zero-order valence-corrected chi connectivity index (χ0v) is 9.08. The largest absolute Gasteiger partial charge is 0.492 e. The van der Waals surface area contributed by atoms with Gasteiger partial charge in [0.1, 0.15) is 12.4 Å². The van der Waals surface area contributed by atoms with Gasteiger partial charge in [0.15, 0.2) is 0 Å². The summed E-state index contributed by atoms with van der Waals surface area (Å²) < 4.78 is 5.89. The molecule has 0 aromatic heterocycles. The Hall–Kier alpha value is -1.07. The topological polar surface area (TPSA) is 78.3 Å². The molecule has 1 amide bonds. The molecule has 0 aliphatic heterocycles. The molecule has 0 aliphatic carbocycles. The van der Waals surface area contributed by atoms with Crippen molar-refractivity contribution in [2.75, 3.05) is 13.2 Å². The van der Waals surface area contributed by atoms with E-state index in [1.165, 1.54) is 0 Å². The lowest BCUT2D eigenvalue weighted by Gasteiger charge is -2.06. The van der Waals surface area contributed by atoms with Gasteiger partial charge in [0.25, 0.3) is 0 Å². The molecule has 0 atom stereocenters. The number of primary amides is 1. The molecular weight excluding hydrogens is 248 g/mol. The Morgan fingerprint density at radius 1 is 1.50 bits per heavy atom. The molecule has 0 radical (unpaired) electrons. The summed E-state index contributed by atoms with van der Waals surface area (Å²) in [6.45, 7) is 0.900. The van der Waals surface area contributed by atoms with E-state index in [0.29, 0.717) is 28.9 Å². The maximum absolute atomic E-state index is 10.9. The molecule has 76 valence electrons. The fourth-order valence-corrected chi connectivity index (χ4v) is 1.52. The van der Waals surface area contributed by atoms with E-state index in [2.05, 4.69) is 15.9 Å². The third-order valence-corrected chi connectivity index (χ3v) is 2.25. The Balaban J connectivity index is 2.83. The molecule has 14 heavy (non-hydrogen) atoms. The van der Waals surface area contributed by atoms with E-state index in [4.69, 9.17) is 16.2 Å². The summed E-state index contributed by atoms with van der Waals surface area (Å²) in [6, 6.07) is 4.98. The highest BCUT2D eigenvalue weighted by Gasteiger charge is 2.06. The summed E-state index contributed by atoms with van der Waals surface area (Å²) in [5, 5.41) is 0. The number of hydrogen-bond donors (Lipinski definition) is 2. The van der Waals surface area contributed by atoms with Crippen LogP contribution in [0.3, 0.4) is 0 Å². The minimum atomic E-state index is -0.470. The average molecular weight is 259 g/mol. The second-order valence-electron chi connectivity index (χ2n) is 2.64. The van der Waals surface area contributed by atoms with Crippen LogP contribution < -0.4 is 16.2 Å². The highest BCUT2D eigenvalue weighted by atomic mass is 79.9. The van der Waals surface area contributed by atoms with Crippen LogP contribution >= 0.6 is 15.9 Å². The Kier molecular flexibility index (Phi) is 3.91. The molecule has 5 heteroatoms. The quantitative estimate of drug-likeness (QED) is 0.842. The van der Waals surface area contributed by atoms with Gasteiger partial charge in [-0.15, -0.1) is 0 Å². The first-order valence-electron chi connectivity index (χ1n) is 4.07. The number of halogens is 1. The van der Waals surface area contributed by atoms with Crippen LogP contribution in [0, 0.1) is 0 Å². The van der Waals surface area contributed by atoms with E-state index in [1.807, 2.05) is 0 Å². The molecule has 0 fully saturated rings. The Labute approximate surface area is 90.3 Å². The van der Waals surface area contributed by atoms with Crippen molar-refractivity contribution < 1.29 is 9.53 Å². The minimum absolute atomic E-state index is 0.435. The maximum Gasteiger partial charge on any atom is 0.249 e. The maximum atomic E-state index is 10.9. The van der Waals surface area contributed by atoms with Crippen molar-refractivity contribution in [1.82, 2.24) is 0 Å². The molecule has 0 heterocycles. The molecule has 0 saturated heterocycles. The highest BCUT2D eigenvalue weighted by Crippen LogP contribution is 2.22. The van der Waals surface area contributed by atoms with Crippen molar-refractivity contribution in [3.8, 4) is 5.75 Å². The first-order chi connectivity index (χ1) is 6.65. The van der Waals surface area contributed by atoms with Gasteiger partial charge in [-0.25, -0.2) is 0 Å². The van der Waals surface area contributed by atoms with E-state index in [-0.39, 0.29) is 0 Å². The second kappa shape index (κ2) is 4.97. The van der Waals surface area contributed by atoms with Gasteiger partial charge in [0.2, 0.25) is 5.91 Å². The van der Waals surface area contributed by atoms with Crippen molar-refractivity contribution in [3.63, 3.8) is 0 Å². The van der Waals surface area contributed by atoms with Crippen molar-refractivity contribution in [2.24, 2.45) is 11.5 Å². The van der Waals surface area contributed by atoms with Gasteiger partial charge in [0, 0.05) is 11.0 Å². The normalized spacial score (nSPS) is 9.86. The van der Waals surface area contributed by atoms with Gasteiger partial charge in [0.05, 0.1) is 5.56 Å². The Morgan fingerprint density at radius 3 is 2.71 bits per heavy atom. The van der Waals surface area contributed by atoms with E-state index in [1.54, 1.807) is 18.2 Å². The van der Waals surface area contributed by atoms with Gasteiger partial charge in [-0.2, -0.15) is 0 Å². The van der Waals surface area contributed by atoms with Crippen LogP contribution in [0.15, 0.2) is 22.7 Å². The number of hydrogen-bond acceptors (Lipinski definition) is 3. The molecular formula is C9H11BrN2O2. The zero-order chi connectivity index (χ0) is 10.6. The van der Waals surface area contributed by atoms with E-state index in [0.717, 1.165) is 0 Å². The molecule has 1 aromatic carbocycles. The number of carbonyl (C=O) groups excluding carboxylic acids is 1. The monoisotopic (exact) mass is 258 g/mol. The van der Waals surface area contributed by atoms with Gasteiger partial charge >= 0.3 is 0 Å². The van der Waals surface area contributed by atoms with Crippen molar-refractivity contribution in [1.29, 1.82) is 0 Å². The summed E-state index contributed by atoms with van der Waals surface area (Å²) in [6.07, 6.45) is 0. The number of ether oxygens (including phenoxy) is 1. The van der Waals surface area contributed by atoms with E-state index >= 15 is 0 Å². The number of amides is 1. The molecule has 1 aromatic rings. The van der Waals surface area contributed by atoms with Crippen molar-refractivity contribution >= 4 is 21.8 Å². The highest BCUT2D eigenvalue weighted by molar-refractivity contribution is 9.10. The summed E-state index contributed by atoms with van der Waals surface area (Å²) in [4.78, 5) is 10.9. The number of rotatable bonds is 4. The third-order valence-electron chi connectivity index (χ3n) is 1.59. The summed E-state index contributed by atoms with van der Waals surface area (Å²) in [5.74, 6) is 0.189. The summed E-state index contributed by atoms with van der Waals surface area (Å²) >= 11 is 3.23. The number of benzene rings is 1. The second-order valence-corrected chi connectivity index (χ2v) is 3.50. The van der Waals surface area contributed by atoms with Crippen molar-refractivity contribution in [2.45, 2.75) is 0 Å². The van der Waals surface area contributed by atoms with Crippen LogP contribution in [0.1, 0.15) is 10.4 Å². The van der Waals surface area contributed by atoms with Crippen LogP contribution in [-0.4, -0.2) is 19.1 Å². The summed E-state index contributed by atoms with van der Waals surface area (Å²) in [7, 11) is 0. The molecule has 4 N–H and O–H groups in total.